The SMILES string of the molecule is COc1ccccc1[C@H]1[C@@H]2C(=O)N(c3ccc(F)cc3)C(=O)[C@@H]2N2CCCN12. The van der Waals surface area contributed by atoms with Gasteiger partial charge < -0.3 is 4.74 Å². The Hall–Kier alpha value is -2.77. The predicted octanol–water partition coefficient (Wildman–Crippen LogP) is 2.37. The van der Waals surface area contributed by atoms with Crippen LogP contribution in [0.4, 0.5) is 10.1 Å². The zero-order valence-electron chi connectivity index (χ0n) is 15.4. The number of nitrogens with zero attached hydrogens (tertiary/aromatic N) is 3. The Labute approximate surface area is 162 Å². The average molecular weight is 381 g/mol. The summed E-state index contributed by atoms with van der Waals surface area (Å²) in [4.78, 5) is 27.9. The third-order valence-corrected chi connectivity index (χ3v) is 5.95. The number of imide groups is 1. The molecule has 3 fully saturated rings. The summed E-state index contributed by atoms with van der Waals surface area (Å²) < 4.78 is 18.9. The van der Waals surface area contributed by atoms with E-state index in [0.29, 0.717) is 11.4 Å². The van der Waals surface area contributed by atoms with Gasteiger partial charge in [0.15, 0.2) is 0 Å². The van der Waals surface area contributed by atoms with Crippen LogP contribution in [-0.2, 0) is 9.59 Å². The standard InChI is InChI=1S/C21H20FN3O3/c1-28-16-6-3-2-5-15(16)18-17-19(24-12-4-11-23(18)24)21(27)25(20(17)26)14-9-7-13(22)8-10-14/h2-3,5-10,17-19H,4,11-12H2,1H3/t17-,18-,19+/m0/s1. The number of para-hydroxylation sites is 1. The first-order valence-electron chi connectivity index (χ1n) is 9.41. The van der Waals surface area contributed by atoms with Crippen LogP contribution in [0.2, 0.25) is 0 Å². The number of halogens is 1. The fourth-order valence-corrected chi connectivity index (χ4v) is 4.84. The molecule has 0 aliphatic carbocycles. The van der Waals surface area contributed by atoms with Crippen molar-refractivity contribution in [1.82, 2.24) is 10.0 Å². The lowest BCUT2D eigenvalue weighted by Crippen LogP contribution is -2.44. The number of hydrogen-bond acceptors (Lipinski definition) is 5. The molecule has 0 N–H and O–H groups in total. The second kappa shape index (κ2) is 6.39. The Bertz CT molecular complexity index is 948. The number of anilines is 1. The Morgan fingerprint density at radius 1 is 0.929 bits per heavy atom. The summed E-state index contributed by atoms with van der Waals surface area (Å²) in [5.74, 6) is -0.701. The zero-order chi connectivity index (χ0) is 19.4. The molecule has 2 aromatic carbocycles. The summed E-state index contributed by atoms with van der Waals surface area (Å²) in [6.07, 6.45) is 0.937. The molecule has 0 radical (unpaired) electrons. The Balaban J connectivity index is 1.60. The molecule has 28 heavy (non-hydrogen) atoms. The van der Waals surface area contributed by atoms with E-state index in [9.17, 15) is 14.0 Å². The lowest BCUT2D eigenvalue weighted by atomic mass is 9.89. The number of methoxy groups -OCH3 is 1. The van der Waals surface area contributed by atoms with Crippen molar-refractivity contribution in [2.45, 2.75) is 18.5 Å². The maximum atomic E-state index is 13.4. The monoisotopic (exact) mass is 381 g/mol. The molecular formula is C21H20FN3O3. The quantitative estimate of drug-likeness (QED) is 0.764. The minimum absolute atomic E-state index is 0.244. The summed E-state index contributed by atoms with van der Waals surface area (Å²) in [5, 5.41) is 4.18. The third-order valence-electron chi connectivity index (χ3n) is 5.95. The zero-order valence-corrected chi connectivity index (χ0v) is 15.4. The van der Waals surface area contributed by atoms with E-state index >= 15 is 0 Å². The highest BCUT2D eigenvalue weighted by molar-refractivity contribution is 6.24. The van der Waals surface area contributed by atoms with Gasteiger partial charge in [0.1, 0.15) is 17.6 Å². The minimum atomic E-state index is -0.532. The molecule has 2 aromatic rings. The van der Waals surface area contributed by atoms with Gasteiger partial charge in [-0.2, -0.15) is 0 Å². The fourth-order valence-electron chi connectivity index (χ4n) is 4.84. The lowest BCUT2D eigenvalue weighted by Gasteiger charge is -2.30. The number of carbonyl (C=O) groups is 2. The van der Waals surface area contributed by atoms with E-state index in [-0.39, 0.29) is 17.9 Å². The Kier molecular flexibility index (Phi) is 3.96. The summed E-state index contributed by atoms with van der Waals surface area (Å²) >= 11 is 0. The second-order valence-electron chi connectivity index (χ2n) is 7.33. The number of ether oxygens (including phenoxy) is 1. The number of amides is 2. The smallest absolute Gasteiger partial charge is 0.253 e. The molecular weight excluding hydrogens is 361 g/mol. The number of carbonyl (C=O) groups excluding carboxylic acids is 2. The van der Waals surface area contributed by atoms with Gasteiger partial charge in [-0.15, -0.1) is 0 Å². The van der Waals surface area contributed by atoms with Gasteiger partial charge in [-0.1, -0.05) is 18.2 Å². The van der Waals surface area contributed by atoms with Crippen LogP contribution in [0.3, 0.4) is 0 Å². The van der Waals surface area contributed by atoms with Crippen LogP contribution in [0.25, 0.3) is 0 Å². The van der Waals surface area contributed by atoms with E-state index in [1.807, 2.05) is 29.3 Å². The van der Waals surface area contributed by atoms with Crippen LogP contribution in [0.1, 0.15) is 18.0 Å². The molecule has 0 bridgehead atoms. The third kappa shape index (κ3) is 2.33. The van der Waals surface area contributed by atoms with E-state index in [1.165, 1.54) is 29.2 Å². The highest BCUT2D eigenvalue weighted by atomic mass is 19.1. The number of rotatable bonds is 3. The highest BCUT2D eigenvalue weighted by Gasteiger charge is 2.63. The molecule has 0 saturated carbocycles. The molecule has 7 heteroatoms. The van der Waals surface area contributed by atoms with Crippen molar-refractivity contribution >= 4 is 17.5 Å². The van der Waals surface area contributed by atoms with E-state index in [2.05, 4.69) is 5.01 Å². The van der Waals surface area contributed by atoms with Crippen LogP contribution in [-0.4, -0.2) is 48.1 Å². The van der Waals surface area contributed by atoms with Gasteiger partial charge in [0.25, 0.3) is 5.91 Å². The van der Waals surface area contributed by atoms with Crippen molar-refractivity contribution < 1.29 is 18.7 Å². The second-order valence-corrected chi connectivity index (χ2v) is 7.33. The minimum Gasteiger partial charge on any atom is -0.496 e. The van der Waals surface area contributed by atoms with Crippen molar-refractivity contribution in [3.63, 3.8) is 0 Å². The van der Waals surface area contributed by atoms with Crippen molar-refractivity contribution in [2.24, 2.45) is 5.92 Å². The number of hydrogen-bond donors (Lipinski definition) is 0. The molecule has 5 rings (SSSR count). The largest absolute Gasteiger partial charge is 0.496 e. The summed E-state index contributed by atoms with van der Waals surface area (Å²) in [7, 11) is 1.61. The van der Waals surface area contributed by atoms with E-state index in [0.717, 1.165) is 25.1 Å². The Morgan fingerprint density at radius 3 is 2.32 bits per heavy atom. The predicted molar refractivity (Wildman–Crippen MR) is 99.9 cm³/mol. The van der Waals surface area contributed by atoms with Gasteiger partial charge in [0.05, 0.1) is 24.8 Å². The summed E-state index contributed by atoms with van der Waals surface area (Å²) in [5.41, 5.74) is 1.32. The highest BCUT2D eigenvalue weighted by Crippen LogP contribution is 2.50. The molecule has 3 heterocycles. The van der Waals surface area contributed by atoms with E-state index in [1.54, 1.807) is 7.11 Å². The van der Waals surface area contributed by atoms with Crippen molar-refractivity contribution in [3.05, 3.63) is 59.9 Å². The molecule has 3 saturated heterocycles. The van der Waals surface area contributed by atoms with Crippen molar-refractivity contribution in [1.29, 1.82) is 0 Å². The van der Waals surface area contributed by atoms with Crippen LogP contribution in [0.5, 0.6) is 5.75 Å². The van der Waals surface area contributed by atoms with Crippen LogP contribution >= 0.6 is 0 Å². The summed E-state index contributed by atoms with van der Waals surface area (Å²) in [6, 6.07) is 12.3. The van der Waals surface area contributed by atoms with Crippen molar-refractivity contribution in [3.8, 4) is 5.75 Å². The average Bonchev–Trinajstić information content (AvgIpc) is 3.35. The summed E-state index contributed by atoms with van der Waals surface area (Å²) in [6.45, 7) is 1.54. The van der Waals surface area contributed by atoms with Crippen molar-refractivity contribution in [2.75, 3.05) is 25.1 Å². The van der Waals surface area contributed by atoms with Crippen LogP contribution in [0, 0.1) is 11.7 Å². The van der Waals surface area contributed by atoms with Crippen LogP contribution in [0.15, 0.2) is 48.5 Å². The van der Waals surface area contributed by atoms with E-state index in [4.69, 9.17) is 4.74 Å². The molecule has 144 valence electrons. The van der Waals surface area contributed by atoms with E-state index < -0.39 is 17.8 Å². The first-order chi connectivity index (χ1) is 13.6. The number of fused-ring (bicyclic) bond motifs is 3. The van der Waals surface area contributed by atoms with Crippen LogP contribution < -0.4 is 9.64 Å². The normalized spacial score (nSPS) is 27.4. The number of benzene rings is 2. The van der Waals surface area contributed by atoms with Gasteiger partial charge in [-0.25, -0.2) is 19.3 Å². The maximum absolute atomic E-state index is 13.4. The topological polar surface area (TPSA) is 53.1 Å². The molecule has 2 amide bonds. The van der Waals surface area contributed by atoms with Gasteiger partial charge >= 0.3 is 0 Å². The van der Waals surface area contributed by atoms with Gasteiger partial charge in [-0.05, 0) is 36.8 Å². The molecule has 0 unspecified atom stereocenters. The number of hydrazine groups is 1. The molecule has 0 aromatic heterocycles. The molecule has 3 aliphatic rings. The molecule has 3 aliphatic heterocycles. The Morgan fingerprint density at radius 2 is 1.61 bits per heavy atom. The first kappa shape index (κ1) is 17.3. The van der Waals surface area contributed by atoms with Gasteiger partial charge in [-0.3, -0.25) is 9.59 Å². The molecule has 3 atom stereocenters. The van der Waals surface area contributed by atoms with Gasteiger partial charge in [0, 0.05) is 18.7 Å². The fraction of sp³-hybridized carbons (Fsp3) is 0.333. The molecule has 0 spiro atoms. The lowest BCUT2D eigenvalue weighted by molar-refractivity contribution is -0.126. The maximum Gasteiger partial charge on any atom is 0.253 e. The first-order valence-corrected chi connectivity index (χ1v) is 9.41. The molecule has 6 nitrogen and oxygen atoms in total. The van der Waals surface area contributed by atoms with Gasteiger partial charge in [0.2, 0.25) is 5.91 Å².